The van der Waals surface area contributed by atoms with E-state index >= 15 is 0 Å². The number of carbonyl (C=O) groups is 1. The number of hydrogen-bond donors (Lipinski definition) is 1. The molecule has 0 radical (unpaired) electrons. The molecule has 1 atom stereocenters. The monoisotopic (exact) mass is 229 g/mol. The highest BCUT2D eigenvalue weighted by Crippen LogP contribution is 2.10. The number of anilines is 1. The number of methoxy groups -OCH3 is 1. The van der Waals surface area contributed by atoms with Gasteiger partial charge in [0, 0.05) is 11.8 Å². The maximum atomic E-state index is 11.1. The van der Waals surface area contributed by atoms with Gasteiger partial charge in [0.2, 0.25) is 5.28 Å². The van der Waals surface area contributed by atoms with Crippen LogP contribution < -0.4 is 5.32 Å². The number of aromatic nitrogens is 2. The lowest BCUT2D eigenvalue weighted by Crippen LogP contribution is -2.27. The summed E-state index contributed by atoms with van der Waals surface area (Å²) in [5.41, 5.74) is 0.731. The third kappa shape index (κ3) is 3.36. The van der Waals surface area contributed by atoms with Crippen LogP contribution in [0.15, 0.2) is 6.07 Å². The summed E-state index contributed by atoms with van der Waals surface area (Å²) >= 11 is 5.67. The van der Waals surface area contributed by atoms with Gasteiger partial charge in [-0.25, -0.2) is 14.8 Å². The van der Waals surface area contributed by atoms with E-state index in [4.69, 9.17) is 11.6 Å². The van der Waals surface area contributed by atoms with Crippen molar-refractivity contribution in [1.29, 1.82) is 0 Å². The number of hydrogen-bond acceptors (Lipinski definition) is 5. The largest absolute Gasteiger partial charge is 0.467 e. The molecule has 0 amide bonds. The highest BCUT2D eigenvalue weighted by atomic mass is 35.5. The number of esters is 1. The minimum atomic E-state index is -0.472. The number of aryl methyl sites for hydroxylation is 1. The van der Waals surface area contributed by atoms with Crippen LogP contribution in [0, 0.1) is 6.92 Å². The van der Waals surface area contributed by atoms with Crippen LogP contribution in [0.1, 0.15) is 12.6 Å². The van der Waals surface area contributed by atoms with E-state index < -0.39 is 6.04 Å². The molecule has 0 bridgehead atoms. The van der Waals surface area contributed by atoms with Gasteiger partial charge in [-0.05, 0) is 25.4 Å². The quantitative estimate of drug-likeness (QED) is 0.627. The van der Waals surface area contributed by atoms with Crippen LogP contribution in [0.5, 0.6) is 0 Å². The normalized spacial score (nSPS) is 12.0. The lowest BCUT2D eigenvalue weighted by molar-refractivity contribution is -0.141. The minimum Gasteiger partial charge on any atom is -0.467 e. The van der Waals surface area contributed by atoms with Crippen molar-refractivity contribution in [3.05, 3.63) is 17.0 Å². The molecular weight excluding hydrogens is 218 g/mol. The maximum absolute atomic E-state index is 11.1. The number of ether oxygens (including phenoxy) is 1. The molecule has 1 heterocycles. The van der Waals surface area contributed by atoms with E-state index in [0.717, 1.165) is 5.69 Å². The first-order chi connectivity index (χ1) is 7.02. The lowest BCUT2D eigenvalue weighted by atomic mass is 10.3. The van der Waals surface area contributed by atoms with Crippen molar-refractivity contribution in [2.75, 3.05) is 12.4 Å². The second kappa shape index (κ2) is 4.93. The van der Waals surface area contributed by atoms with Crippen molar-refractivity contribution in [2.24, 2.45) is 0 Å². The molecule has 0 aliphatic heterocycles. The van der Waals surface area contributed by atoms with Crippen LogP contribution in [-0.4, -0.2) is 29.1 Å². The molecule has 15 heavy (non-hydrogen) atoms. The molecule has 1 aromatic heterocycles. The van der Waals surface area contributed by atoms with Crippen LogP contribution in [0.2, 0.25) is 5.28 Å². The van der Waals surface area contributed by atoms with E-state index in [2.05, 4.69) is 20.0 Å². The fraction of sp³-hybridized carbons (Fsp3) is 0.444. The predicted octanol–water partition coefficient (Wildman–Crippen LogP) is 1.41. The summed E-state index contributed by atoms with van der Waals surface area (Å²) in [5, 5.41) is 3.01. The lowest BCUT2D eigenvalue weighted by Gasteiger charge is -2.12. The predicted molar refractivity (Wildman–Crippen MR) is 56.9 cm³/mol. The number of halogens is 1. The van der Waals surface area contributed by atoms with E-state index in [1.165, 1.54) is 7.11 Å². The summed E-state index contributed by atoms with van der Waals surface area (Å²) in [5.74, 6) is 0.146. The summed E-state index contributed by atoms with van der Waals surface area (Å²) in [6, 6.07) is 1.23. The minimum absolute atomic E-state index is 0.148. The van der Waals surface area contributed by atoms with Crippen molar-refractivity contribution >= 4 is 23.4 Å². The van der Waals surface area contributed by atoms with Gasteiger partial charge in [0.1, 0.15) is 11.9 Å². The van der Waals surface area contributed by atoms with Gasteiger partial charge in [-0.2, -0.15) is 0 Å². The van der Waals surface area contributed by atoms with Gasteiger partial charge in [0.25, 0.3) is 0 Å². The van der Waals surface area contributed by atoms with Gasteiger partial charge in [-0.15, -0.1) is 0 Å². The van der Waals surface area contributed by atoms with Crippen molar-refractivity contribution in [1.82, 2.24) is 9.97 Å². The Kier molecular flexibility index (Phi) is 3.85. The fourth-order valence-electron chi connectivity index (χ4n) is 1.06. The van der Waals surface area contributed by atoms with Gasteiger partial charge in [-0.3, -0.25) is 0 Å². The Morgan fingerprint density at radius 3 is 2.80 bits per heavy atom. The highest BCUT2D eigenvalue weighted by Gasteiger charge is 2.13. The standard InChI is InChI=1S/C9H12ClN3O2/c1-5-4-7(13-9(10)11-5)12-6(2)8(14)15-3/h4,6H,1-3H3,(H,11,12,13). The van der Waals surface area contributed by atoms with Crippen LogP contribution in [-0.2, 0) is 9.53 Å². The third-order valence-electron chi connectivity index (χ3n) is 1.75. The first kappa shape index (κ1) is 11.7. The van der Waals surface area contributed by atoms with Gasteiger partial charge in [0.05, 0.1) is 7.11 Å². The number of rotatable bonds is 3. The SMILES string of the molecule is COC(=O)C(C)Nc1cc(C)nc(Cl)n1. The fourth-order valence-corrected chi connectivity index (χ4v) is 1.29. The van der Waals surface area contributed by atoms with E-state index in [-0.39, 0.29) is 11.3 Å². The zero-order valence-corrected chi connectivity index (χ0v) is 9.50. The van der Waals surface area contributed by atoms with Gasteiger partial charge < -0.3 is 10.1 Å². The Hall–Kier alpha value is -1.36. The Bertz CT molecular complexity index is 350. The van der Waals surface area contributed by atoms with E-state index in [1.807, 2.05) is 0 Å². The number of nitrogens with one attached hydrogen (secondary N) is 1. The molecule has 82 valence electrons. The molecule has 1 aromatic rings. The smallest absolute Gasteiger partial charge is 0.328 e. The van der Waals surface area contributed by atoms with Crippen molar-refractivity contribution < 1.29 is 9.53 Å². The summed E-state index contributed by atoms with van der Waals surface area (Å²) in [6.07, 6.45) is 0. The van der Waals surface area contributed by atoms with E-state index in [1.54, 1.807) is 19.9 Å². The molecule has 0 saturated heterocycles. The molecule has 0 aromatic carbocycles. The van der Waals surface area contributed by atoms with Crippen molar-refractivity contribution in [3.63, 3.8) is 0 Å². The van der Waals surface area contributed by atoms with Gasteiger partial charge in [0.15, 0.2) is 0 Å². The van der Waals surface area contributed by atoms with Gasteiger partial charge >= 0.3 is 5.97 Å². The topological polar surface area (TPSA) is 64.1 Å². The Morgan fingerprint density at radius 2 is 2.27 bits per heavy atom. The summed E-state index contributed by atoms with van der Waals surface area (Å²) in [4.78, 5) is 19.0. The maximum Gasteiger partial charge on any atom is 0.328 e. The average Bonchev–Trinajstić information content (AvgIpc) is 2.14. The number of nitrogens with zero attached hydrogens (tertiary/aromatic N) is 2. The second-order valence-electron chi connectivity index (χ2n) is 3.05. The molecule has 6 heteroatoms. The van der Waals surface area contributed by atoms with Crippen LogP contribution in [0.3, 0.4) is 0 Å². The zero-order chi connectivity index (χ0) is 11.4. The summed E-state index contributed by atoms with van der Waals surface area (Å²) < 4.78 is 4.57. The van der Waals surface area contributed by atoms with E-state index in [0.29, 0.717) is 5.82 Å². The van der Waals surface area contributed by atoms with Crippen LogP contribution in [0.4, 0.5) is 5.82 Å². The molecule has 0 aliphatic rings. The summed E-state index contributed by atoms with van der Waals surface area (Å²) in [6.45, 7) is 3.47. The van der Waals surface area contributed by atoms with Crippen LogP contribution >= 0.6 is 11.6 Å². The summed E-state index contributed by atoms with van der Waals surface area (Å²) in [7, 11) is 1.33. The molecule has 0 aliphatic carbocycles. The molecule has 0 fully saturated rings. The second-order valence-corrected chi connectivity index (χ2v) is 3.39. The molecule has 0 spiro atoms. The van der Waals surface area contributed by atoms with Crippen LogP contribution in [0.25, 0.3) is 0 Å². The average molecular weight is 230 g/mol. The Balaban J connectivity index is 2.76. The van der Waals surface area contributed by atoms with Crippen molar-refractivity contribution in [2.45, 2.75) is 19.9 Å². The Morgan fingerprint density at radius 1 is 1.60 bits per heavy atom. The highest BCUT2D eigenvalue weighted by molar-refractivity contribution is 6.28. The number of carbonyl (C=O) groups excluding carboxylic acids is 1. The van der Waals surface area contributed by atoms with Gasteiger partial charge in [-0.1, -0.05) is 0 Å². The third-order valence-corrected chi connectivity index (χ3v) is 1.92. The molecule has 1 rings (SSSR count). The molecule has 0 saturated carbocycles. The first-order valence-corrected chi connectivity index (χ1v) is 4.76. The van der Waals surface area contributed by atoms with E-state index in [9.17, 15) is 4.79 Å². The zero-order valence-electron chi connectivity index (χ0n) is 8.74. The molecule has 5 nitrogen and oxygen atoms in total. The molecule has 1 N–H and O–H groups in total. The first-order valence-electron chi connectivity index (χ1n) is 4.38. The van der Waals surface area contributed by atoms with Crippen molar-refractivity contribution in [3.8, 4) is 0 Å². The molecule has 1 unspecified atom stereocenters. The Labute approximate surface area is 92.8 Å². The molecular formula is C9H12ClN3O2.